The number of benzene rings is 1. The highest BCUT2D eigenvalue weighted by atomic mass is 16.5. The average molecular weight is 232 g/mol. The topological polar surface area (TPSA) is 62.8 Å². The van der Waals surface area contributed by atoms with Gasteiger partial charge in [-0.15, -0.1) is 0 Å². The van der Waals surface area contributed by atoms with Crippen molar-refractivity contribution in [3.8, 4) is 5.75 Å². The van der Waals surface area contributed by atoms with E-state index in [-0.39, 0.29) is 0 Å². The first-order chi connectivity index (χ1) is 8.42. The number of hydrogen-bond acceptors (Lipinski definition) is 4. The summed E-state index contributed by atoms with van der Waals surface area (Å²) in [5, 5.41) is 14.1. The summed E-state index contributed by atoms with van der Waals surface area (Å²) in [6, 6.07) is 5.84. The van der Waals surface area contributed by atoms with Crippen molar-refractivity contribution in [2.75, 3.05) is 13.1 Å². The number of rotatable bonds is 2. The molecule has 5 heteroatoms. The fourth-order valence-corrected chi connectivity index (χ4v) is 2.19. The van der Waals surface area contributed by atoms with E-state index in [2.05, 4.69) is 20.7 Å². The van der Waals surface area contributed by atoms with E-state index in [1.807, 2.05) is 18.2 Å². The first-order valence-electron chi connectivity index (χ1n) is 6.10. The van der Waals surface area contributed by atoms with Crippen molar-refractivity contribution >= 4 is 11.0 Å². The molecule has 1 unspecified atom stereocenters. The quantitative estimate of drug-likeness (QED) is 0.823. The lowest BCUT2D eigenvalue weighted by Gasteiger charge is -2.16. The molecule has 0 saturated carbocycles. The standard InChI is InChI=1S/C12H16N4O/c1-2-9(5-7-13-6-1)17-10-3-4-11-12(8-10)15-16-14-11/h3-4,8-9,13H,1-2,5-7H2,(H,14,15,16). The molecule has 1 fully saturated rings. The third kappa shape index (κ3) is 2.39. The van der Waals surface area contributed by atoms with Crippen LogP contribution in [-0.4, -0.2) is 34.6 Å². The zero-order valence-electron chi connectivity index (χ0n) is 9.65. The smallest absolute Gasteiger partial charge is 0.122 e. The van der Waals surface area contributed by atoms with Crippen molar-refractivity contribution in [3.63, 3.8) is 0 Å². The SMILES string of the molecule is c1cc2n[nH]nc2cc1OC1CCCNCC1. The Balaban J connectivity index is 1.74. The molecule has 2 N–H and O–H groups in total. The van der Waals surface area contributed by atoms with Gasteiger partial charge in [0.1, 0.15) is 16.8 Å². The summed E-state index contributed by atoms with van der Waals surface area (Å²) in [5.74, 6) is 0.887. The van der Waals surface area contributed by atoms with Crippen LogP contribution >= 0.6 is 0 Å². The number of nitrogens with zero attached hydrogens (tertiary/aromatic N) is 2. The lowest BCUT2D eigenvalue weighted by atomic mass is 10.1. The number of fused-ring (bicyclic) bond motifs is 1. The van der Waals surface area contributed by atoms with E-state index in [9.17, 15) is 0 Å². The Hall–Kier alpha value is -1.62. The van der Waals surface area contributed by atoms with Gasteiger partial charge in [0.15, 0.2) is 0 Å². The molecule has 5 nitrogen and oxygen atoms in total. The molecule has 0 spiro atoms. The van der Waals surface area contributed by atoms with Gasteiger partial charge in [0.2, 0.25) is 0 Å². The number of aromatic nitrogens is 3. The predicted molar refractivity (Wildman–Crippen MR) is 65.0 cm³/mol. The summed E-state index contributed by atoms with van der Waals surface area (Å²) in [5.41, 5.74) is 1.73. The van der Waals surface area contributed by atoms with Crippen LogP contribution in [0.5, 0.6) is 5.75 Å². The van der Waals surface area contributed by atoms with Crippen LogP contribution in [0.4, 0.5) is 0 Å². The second kappa shape index (κ2) is 4.71. The highest BCUT2D eigenvalue weighted by molar-refractivity contribution is 5.75. The molecule has 1 aliphatic heterocycles. The van der Waals surface area contributed by atoms with Crippen molar-refractivity contribution in [2.45, 2.75) is 25.4 Å². The highest BCUT2D eigenvalue weighted by Gasteiger charge is 2.13. The molecule has 0 aliphatic carbocycles. The highest BCUT2D eigenvalue weighted by Crippen LogP contribution is 2.20. The summed E-state index contributed by atoms with van der Waals surface area (Å²) in [4.78, 5) is 0. The Morgan fingerprint density at radius 3 is 3.06 bits per heavy atom. The zero-order chi connectivity index (χ0) is 11.5. The Morgan fingerprint density at radius 2 is 2.06 bits per heavy atom. The molecule has 1 saturated heterocycles. The lowest BCUT2D eigenvalue weighted by molar-refractivity contribution is 0.188. The maximum absolute atomic E-state index is 5.99. The summed E-state index contributed by atoms with van der Waals surface area (Å²) >= 11 is 0. The molecule has 3 rings (SSSR count). The van der Waals surface area contributed by atoms with Gasteiger partial charge in [-0.2, -0.15) is 15.4 Å². The minimum Gasteiger partial charge on any atom is -0.490 e. The van der Waals surface area contributed by atoms with E-state index in [1.165, 1.54) is 6.42 Å². The summed E-state index contributed by atoms with van der Waals surface area (Å²) in [6.07, 6.45) is 3.67. The Bertz CT molecular complexity index is 488. The largest absolute Gasteiger partial charge is 0.490 e. The van der Waals surface area contributed by atoms with Gasteiger partial charge >= 0.3 is 0 Å². The first-order valence-corrected chi connectivity index (χ1v) is 6.10. The van der Waals surface area contributed by atoms with Crippen molar-refractivity contribution in [2.24, 2.45) is 0 Å². The fraction of sp³-hybridized carbons (Fsp3) is 0.500. The zero-order valence-corrected chi connectivity index (χ0v) is 9.65. The van der Waals surface area contributed by atoms with Crippen molar-refractivity contribution in [1.82, 2.24) is 20.7 Å². The summed E-state index contributed by atoms with van der Waals surface area (Å²) in [7, 11) is 0. The van der Waals surface area contributed by atoms with Gasteiger partial charge in [0.25, 0.3) is 0 Å². The van der Waals surface area contributed by atoms with Crippen molar-refractivity contribution in [1.29, 1.82) is 0 Å². The number of nitrogens with one attached hydrogen (secondary N) is 2. The van der Waals surface area contributed by atoms with Crippen LogP contribution in [0.1, 0.15) is 19.3 Å². The van der Waals surface area contributed by atoms with Gasteiger partial charge in [-0.05, 0) is 44.5 Å². The molecule has 2 heterocycles. The molecule has 2 aromatic rings. The van der Waals surface area contributed by atoms with Crippen LogP contribution in [0, 0.1) is 0 Å². The minimum absolute atomic E-state index is 0.314. The van der Waals surface area contributed by atoms with Crippen LogP contribution in [0.2, 0.25) is 0 Å². The van der Waals surface area contributed by atoms with Crippen LogP contribution in [0.15, 0.2) is 18.2 Å². The van der Waals surface area contributed by atoms with Crippen molar-refractivity contribution in [3.05, 3.63) is 18.2 Å². The number of ether oxygens (including phenoxy) is 1. The van der Waals surface area contributed by atoms with Gasteiger partial charge < -0.3 is 10.1 Å². The number of hydrogen-bond donors (Lipinski definition) is 2. The third-order valence-corrected chi connectivity index (χ3v) is 3.11. The molecule has 1 aromatic carbocycles. The number of H-pyrrole nitrogens is 1. The second-order valence-electron chi connectivity index (χ2n) is 4.39. The molecule has 1 atom stereocenters. The van der Waals surface area contributed by atoms with Gasteiger partial charge in [0, 0.05) is 6.07 Å². The van der Waals surface area contributed by atoms with Crippen molar-refractivity contribution < 1.29 is 4.74 Å². The average Bonchev–Trinajstić information content (AvgIpc) is 2.65. The van der Waals surface area contributed by atoms with E-state index in [4.69, 9.17) is 4.74 Å². The normalized spacial score (nSPS) is 21.3. The first kappa shape index (κ1) is 10.5. The molecule has 1 aliphatic rings. The Morgan fingerprint density at radius 1 is 1.12 bits per heavy atom. The molecule has 90 valence electrons. The van der Waals surface area contributed by atoms with Crippen LogP contribution in [0.25, 0.3) is 11.0 Å². The molecular formula is C12H16N4O. The van der Waals surface area contributed by atoms with Gasteiger partial charge in [-0.25, -0.2) is 0 Å². The molecule has 0 bridgehead atoms. The van der Waals surface area contributed by atoms with Crippen LogP contribution in [-0.2, 0) is 0 Å². The van der Waals surface area contributed by atoms with Crippen LogP contribution in [0.3, 0.4) is 0 Å². The Labute approximate surface area is 99.5 Å². The third-order valence-electron chi connectivity index (χ3n) is 3.11. The molecule has 1 aromatic heterocycles. The van der Waals surface area contributed by atoms with Gasteiger partial charge in [0.05, 0.1) is 6.10 Å². The fourth-order valence-electron chi connectivity index (χ4n) is 2.19. The molecule has 0 radical (unpaired) electrons. The van der Waals surface area contributed by atoms with E-state index in [0.717, 1.165) is 42.7 Å². The van der Waals surface area contributed by atoms with Gasteiger partial charge in [-0.1, -0.05) is 0 Å². The van der Waals surface area contributed by atoms with E-state index in [0.29, 0.717) is 6.10 Å². The van der Waals surface area contributed by atoms with Gasteiger partial charge in [-0.3, -0.25) is 0 Å². The minimum atomic E-state index is 0.314. The second-order valence-corrected chi connectivity index (χ2v) is 4.39. The maximum Gasteiger partial charge on any atom is 0.122 e. The summed E-state index contributed by atoms with van der Waals surface area (Å²) < 4.78 is 5.99. The van der Waals surface area contributed by atoms with E-state index >= 15 is 0 Å². The monoisotopic (exact) mass is 232 g/mol. The predicted octanol–water partition coefficient (Wildman–Crippen LogP) is 1.48. The molecule has 17 heavy (non-hydrogen) atoms. The van der Waals surface area contributed by atoms with E-state index < -0.39 is 0 Å². The lowest BCUT2D eigenvalue weighted by Crippen LogP contribution is -2.19. The Kier molecular flexibility index (Phi) is 2.92. The van der Waals surface area contributed by atoms with E-state index in [1.54, 1.807) is 0 Å². The molecular weight excluding hydrogens is 216 g/mol. The maximum atomic E-state index is 5.99. The molecule has 0 amide bonds. The van der Waals surface area contributed by atoms with Crippen LogP contribution < -0.4 is 10.1 Å². The summed E-state index contributed by atoms with van der Waals surface area (Å²) in [6.45, 7) is 2.14. The number of aromatic amines is 1.